The van der Waals surface area contributed by atoms with Crippen LogP contribution >= 0.6 is 15.9 Å². The SMILES string of the molecule is CCOC(=O)c1cncnc1.Cc1cc2c3c(ccc2c2ccccc12)C(c1cccc(C(F)(F)F)c1)C(=O)CC3c1ccc(Br)cc1. The van der Waals surface area contributed by atoms with Gasteiger partial charge < -0.3 is 4.74 Å². The molecule has 0 aliphatic heterocycles. The van der Waals surface area contributed by atoms with Crippen LogP contribution in [0.1, 0.15) is 68.9 Å². The third-order valence-corrected chi connectivity index (χ3v) is 9.13. The molecule has 0 fully saturated rings. The second kappa shape index (κ2) is 13.7. The van der Waals surface area contributed by atoms with E-state index in [1.807, 2.05) is 48.5 Å². The highest BCUT2D eigenvalue weighted by molar-refractivity contribution is 9.10. The number of benzene rings is 5. The van der Waals surface area contributed by atoms with Gasteiger partial charge in [-0.2, -0.15) is 13.2 Å². The van der Waals surface area contributed by atoms with E-state index < -0.39 is 17.7 Å². The van der Waals surface area contributed by atoms with Crippen molar-refractivity contribution >= 4 is 49.2 Å². The second-order valence-electron chi connectivity index (χ2n) is 11.6. The number of ketones is 1. The Hall–Kier alpha value is -4.89. The van der Waals surface area contributed by atoms with Gasteiger partial charge in [-0.25, -0.2) is 14.8 Å². The molecular weight excluding hydrogens is 681 g/mol. The molecule has 5 nitrogen and oxygen atoms in total. The number of ether oxygens (including phenoxy) is 1. The lowest BCUT2D eigenvalue weighted by molar-refractivity contribution is -0.137. The maximum absolute atomic E-state index is 13.7. The molecule has 0 saturated heterocycles. The van der Waals surface area contributed by atoms with E-state index in [1.165, 1.54) is 24.8 Å². The van der Waals surface area contributed by atoms with Crippen molar-refractivity contribution in [2.75, 3.05) is 6.61 Å². The van der Waals surface area contributed by atoms with E-state index in [2.05, 4.69) is 51.0 Å². The molecule has 0 saturated carbocycles. The first-order valence-corrected chi connectivity index (χ1v) is 16.2. The summed E-state index contributed by atoms with van der Waals surface area (Å²) in [7, 11) is 0. The number of carbonyl (C=O) groups is 2. The molecule has 5 aromatic carbocycles. The lowest BCUT2D eigenvalue weighted by Gasteiger charge is -2.33. The van der Waals surface area contributed by atoms with Gasteiger partial charge in [0.1, 0.15) is 12.1 Å². The molecule has 1 aromatic heterocycles. The van der Waals surface area contributed by atoms with Gasteiger partial charge in [0.05, 0.1) is 23.7 Å². The summed E-state index contributed by atoms with van der Waals surface area (Å²) in [5.74, 6) is -1.40. The van der Waals surface area contributed by atoms with Gasteiger partial charge in [-0.1, -0.05) is 88.7 Å². The summed E-state index contributed by atoms with van der Waals surface area (Å²) in [4.78, 5) is 32.0. The first-order valence-electron chi connectivity index (χ1n) is 15.4. The van der Waals surface area contributed by atoms with Crippen molar-refractivity contribution in [3.05, 3.63) is 153 Å². The van der Waals surface area contributed by atoms with Crippen LogP contribution in [0.2, 0.25) is 0 Å². The topological polar surface area (TPSA) is 69.2 Å². The molecular formula is C39H30BrF3N2O3. The number of nitrogens with zero attached hydrogens (tertiary/aromatic N) is 2. The summed E-state index contributed by atoms with van der Waals surface area (Å²) in [5.41, 5.74) is 3.97. The van der Waals surface area contributed by atoms with Crippen LogP contribution in [0, 0.1) is 6.92 Å². The van der Waals surface area contributed by atoms with E-state index in [9.17, 15) is 22.8 Å². The number of alkyl halides is 3. The van der Waals surface area contributed by atoms with Crippen molar-refractivity contribution in [3.63, 3.8) is 0 Å². The highest BCUT2D eigenvalue weighted by Gasteiger charge is 2.38. The zero-order valence-corrected chi connectivity index (χ0v) is 27.7. The highest BCUT2D eigenvalue weighted by atomic mass is 79.9. The fourth-order valence-electron chi connectivity index (χ4n) is 6.49. The Bertz CT molecular complexity index is 2130. The van der Waals surface area contributed by atoms with Gasteiger partial charge >= 0.3 is 12.1 Å². The lowest BCUT2D eigenvalue weighted by atomic mass is 9.69. The molecule has 1 aliphatic carbocycles. The van der Waals surface area contributed by atoms with Crippen LogP contribution in [-0.4, -0.2) is 28.3 Å². The van der Waals surface area contributed by atoms with E-state index in [4.69, 9.17) is 4.74 Å². The van der Waals surface area contributed by atoms with E-state index in [0.717, 1.165) is 60.4 Å². The number of halogens is 4. The number of fused-ring (bicyclic) bond motifs is 5. The molecule has 0 bridgehead atoms. The van der Waals surface area contributed by atoms with Crippen LogP contribution in [0.3, 0.4) is 0 Å². The Morgan fingerprint density at radius 2 is 1.54 bits per heavy atom. The van der Waals surface area contributed by atoms with Gasteiger partial charge in [-0.3, -0.25) is 4.79 Å². The van der Waals surface area contributed by atoms with Crippen LogP contribution in [0.5, 0.6) is 0 Å². The van der Waals surface area contributed by atoms with E-state index in [0.29, 0.717) is 17.7 Å². The zero-order chi connectivity index (χ0) is 34.0. The van der Waals surface area contributed by atoms with Gasteiger partial charge in [0, 0.05) is 29.2 Å². The van der Waals surface area contributed by atoms with Gasteiger partial charge in [0.25, 0.3) is 0 Å². The molecule has 0 radical (unpaired) electrons. The Morgan fingerprint density at radius 3 is 2.23 bits per heavy atom. The van der Waals surface area contributed by atoms with E-state index in [-0.39, 0.29) is 24.1 Å². The van der Waals surface area contributed by atoms with Crippen LogP contribution in [0.4, 0.5) is 13.2 Å². The van der Waals surface area contributed by atoms with Crippen LogP contribution < -0.4 is 0 Å². The fraction of sp³-hybridized carbons (Fsp3) is 0.179. The maximum atomic E-state index is 13.7. The predicted octanol–water partition coefficient (Wildman–Crippen LogP) is 9.97. The largest absolute Gasteiger partial charge is 0.462 e. The molecule has 48 heavy (non-hydrogen) atoms. The Morgan fingerprint density at radius 1 is 0.854 bits per heavy atom. The third kappa shape index (κ3) is 6.60. The van der Waals surface area contributed by atoms with Crippen molar-refractivity contribution in [1.29, 1.82) is 0 Å². The quantitative estimate of drug-likeness (QED) is 0.135. The average Bonchev–Trinajstić information content (AvgIpc) is 3.09. The molecule has 1 aliphatic rings. The molecule has 2 atom stereocenters. The number of Topliss-reactive ketones (excluding diaryl/α,β-unsaturated/α-hetero) is 1. The molecule has 9 heteroatoms. The van der Waals surface area contributed by atoms with Crippen molar-refractivity contribution in [3.8, 4) is 0 Å². The Labute approximate surface area is 283 Å². The number of aryl methyl sites for hydroxylation is 1. The first-order chi connectivity index (χ1) is 23.1. The highest BCUT2D eigenvalue weighted by Crippen LogP contribution is 2.48. The van der Waals surface area contributed by atoms with Crippen molar-refractivity contribution in [2.24, 2.45) is 0 Å². The summed E-state index contributed by atoms with van der Waals surface area (Å²) >= 11 is 3.49. The van der Waals surface area contributed by atoms with E-state index >= 15 is 0 Å². The molecule has 242 valence electrons. The molecule has 7 rings (SSSR count). The smallest absolute Gasteiger partial charge is 0.416 e. The molecule has 0 amide bonds. The minimum atomic E-state index is -4.48. The number of hydrogen-bond acceptors (Lipinski definition) is 5. The number of rotatable bonds is 4. The number of carbonyl (C=O) groups excluding carboxylic acids is 2. The van der Waals surface area contributed by atoms with E-state index in [1.54, 1.807) is 13.0 Å². The van der Waals surface area contributed by atoms with Gasteiger partial charge in [0.15, 0.2) is 0 Å². The molecule has 6 aromatic rings. The summed E-state index contributed by atoms with van der Waals surface area (Å²) in [6.45, 7) is 4.20. The van der Waals surface area contributed by atoms with Crippen molar-refractivity contribution in [1.82, 2.24) is 9.97 Å². The minimum absolute atomic E-state index is 0.0726. The predicted molar refractivity (Wildman–Crippen MR) is 183 cm³/mol. The Kier molecular flexibility index (Phi) is 9.42. The first kappa shape index (κ1) is 33.0. The number of esters is 1. The molecule has 0 spiro atoms. The Balaban J connectivity index is 0.000000312. The summed E-state index contributed by atoms with van der Waals surface area (Å²) in [5, 5.41) is 4.42. The van der Waals surface area contributed by atoms with Crippen LogP contribution in [0.15, 0.2) is 114 Å². The fourth-order valence-corrected chi connectivity index (χ4v) is 6.76. The summed E-state index contributed by atoms with van der Waals surface area (Å²) < 4.78 is 46.3. The van der Waals surface area contributed by atoms with Crippen LogP contribution in [-0.2, 0) is 15.7 Å². The van der Waals surface area contributed by atoms with Gasteiger partial charge in [-0.15, -0.1) is 0 Å². The molecule has 2 unspecified atom stereocenters. The number of aromatic nitrogens is 2. The van der Waals surface area contributed by atoms with Crippen molar-refractivity contribution in [2.45, 2.75) is 38.3 Å². The molecule has 0 N–H and O–H groups in total. The zero-order valence-electron chi connectivity index (χ0n) is 26.1. The standard InChI is InChI=1S/C32H22BrF3O.C7H8N2O2/c1-18-15-28-25(24-8-3-2-7-23(18)24)13-14-26-30(20-5-4-6-21(16-20)32(34,35)36)29(37)17-27(31(26)28)19-9-11-22(33)12-10-19;1-2-11-7(10)6-3-8-5-9-4-6/h2-16,27,30H,17H2,1H3;3-5H,2H2,1H3. The lowest BCUT2D eigenvalue weighted by Crippen LogP contribution is -2.26. The molecule has 1 heterocycles. The second-order valence-corrected chi connectivity index (χ2v) is 12.5. The third-order valence-electron chi connectivity index (χ3n) is 8.60. The van der Waals surface area contributed by atoms with Crippen molar-refractivity contribution < 1.29 is 27.5 Å². The maximum Gasteiger partial charge on any atom is 0.416 e. The number of hydrogen-bond donors (Lipinski definition) is 0. The monoisotopic (exact) mass is 710 g/mol. The summed E-state index contributed by atoms with van der Waals surface area (Å²) in [6, 6.07) is 27.6. The van der Waals surface area contributed by atoms with Gasteiger partial charge in [0.2, 0.25) is 0 Å². The van der Waals surface area contributed by atoms with Crippen LogP contribution in [0.25, 0.3) is 21.5 Å². The van der Waals surface area contributed by atoms with Gasteiger partial charge in [-0.05, 0) is 81.4 Å². The normalized spacial score (nSPS) is 15.8. The average molecular weight is 712 g/mol. The minimum Gasteiger partial charge on any atom is -0.462 e. The summed E-state index contributed by atoms with van der Waals surface area (Å²) in [6.07, 6.45) is -0.0465.